The van der Waals surface area contributed by atoms with Gasteiger partial charge in [0.25, 0.3) is 0 Å². The second-order valence-corrected chi connectivity index (χ2v) is 4.63. The second kappa shape index (κ2) is 5.71. The minimum Gasteiger partial charge on any atom is -0.369 e. The van der Waals surface area contributed by atoms with Gasteiger partial charge in [0.05, 0.1) is 0 Å². The molecule has 1 aromatic carbocycles. The van der Waals surface area contributed by atoms with Crippen LogP contribution in [0.25, 0.3) is 0 Å². The minimum atomic E-state index is 0. The third kappa shape index (κ3) is 2.67. The van der Waals surface area contributed by atoms with Crippen molar-refractivity contribution in [3.05, 3.63) is 23.8 Å². The van der Waals surface area contributed by atoms with Crippen LogP contribution in [0.5, 0.6) is 0 Å². The Hall–Kier alpha value is -1.07. The van der Waals surface area contributed by atoms with E-state index in [9.17, 15) is 4.79 Å². The third-order valence-electron chi connectivity index (χ3n) is 3.47. The Morgan fingerprint density at radius 3 is 2.67 bits per heavy atom. The number of hydrogen-bond donors (Lipinski definition) is 2. The third-order valence-corrected chi connectivity index (χ3v) is 3.47. The average Bonchev–Trinajstić information content (AvgIpc) is 2.39. The van der Waals surface area contributed by atoms with E-state index < -0.39 is 0 Å². The van der Waals surface area contributed by atoms with Gasteiger partial charge in [-0.05, 0) is 24.1 Å². The molecule has 5 heteroatoms. The van der Waals surface area contributed by atoms with Gasteiger partial charge in [-0.15, -0.1) is 17.0 Å². The summed E-state index contributed by atoms with van der Waals surface area (Å²) in [6.07, 6.45) is 1.48. The lowest BCUT2D eigenvalue weighted by Gasteiger charge is -2.30. The van der Waals surface area contributed by atoms with Crippen LogP contribution in [0.4, 0.5) is 11.4 Å². The van der Waals surface area contributed by atoms with E-state index in [0.717, 1.165) is 38.3 Å². The molecule has 2 aliphatic heterocycles. The number of amides is 1. The number of fused-ring (bicyclic) bond motifs is 1. The zero-order valence-corrected chi connectivity index (χ0v) is 12.0. The van der Waals surface area contributed by atoms with Gasteiger partial charge >= 0.3 is 0 Å². The van der Waals surface area contributed by atoms with Crippen molar-refractivity contribution >= 4 is 34.3 Å². The van der Waals surface area contributed by atoms with Crippen LogP contribution in [0.2, 0.25) is 0 Å². The standard InChI is InChI=1S/C13H17N3O.BrH/c17-13-4-2-10-1-3-11(9-12(10)15-13)16-7-5-14-6-8-16;/h1,3,9,14H,2,4-8H2,(H,15,17);1H. The van der Waals surface area contributed by atoms with Gasteiger partial charge in [-0.1, -0.05) is 6.07 Å². The van der Waals surface area contributed by atoms with Crippen LogP contribution in [0, 0.1) is 0 Å². The van der Waals surface area contributed by atoms with Gasteiger partial charge < -0.3 is 15.5 Å². The molecule has 0 aliphatic carbocycles. The van der Waals surface area contributed by atoms with E-state index in [1.807, 2.05) is 0 Å². The van der Waals surface area contributed by atoms with Crippen molar-refractivity contribution in [1.82, 2.24) is 5.32 Å². The van der Waals surface area contributed by atoms with E-state index in [-0.39, 0.29) is 22.9 Å². The molecule has 18 heavy (non-hydrogen) atoms. The number of anilines is 2. The van der Waals surface area contributed by atoms with E-state index in [1.165, 1.54) is 11.3 Å². The Labute approximate surface area is 118 Å². The lowest BCUT2D eigenvalue weighted by Crippen LogP contribution is -2.43. The van der Waals surface area contributed by atoms with Crippen LogP contribution in [-0.4, -0.2) is 32.1 Å². The minimum absolute atomic E-state index is 0. The average molecular weight is 312 g/mol. The SMILES string of the molecule is Br.O=C1CCc2ccc(N3CCNCC3)cc2N1. The fraction of sp³-hybridized carbons (Fsp3) is 0.462. The lowest BCUT2D eigenvalue weighted by molar-refractivity contribution is -0.116. The zero-order chi connectivity index (χ0) is 11.7. The van der Waals surface area contributed by atoms with Crippen LogP contribution in [0.1, 0.15) is 12.0 Å². The molecule has 1 aromatic rings. The first-order valence-corrected chi connectivity index (χ1v) is 6.21. The molecule has 2 aliphatic rings. The molecule has 0 unspecified atom stereocenters. The van der Waals surface area contributed by atoms with E-state index in [0.29, 0.717) is 6.42 Å². The van der Waals surface area contributed by atoms with Gasteiger partial charge in [-0.2, -0.15) is 0 Å². The Morgan fingerprint density at radius 2 is 1.89 bits per heavy atom. The molecule has 98 valence electrons. The van der Waals surface area contributed by atoms with Crippen molar-refractivity contribution in [1.29, 1.82) is 0 Å². The lowest BCUT2D eigenvalue weighted by atomic mass is 10.0. The fourth-order valence-electron chi connectivity index (χ4n) is 2.48. The van der Waals surface area contributed by atoms with Crippen molar-refractivity contribution in [2.24, 2.45) is 0 Å². The van der Waals surface area contributed by atoms with Crippen LogP contribution in [0.3, 0.4) is 0 Å². The predicted molar refractivity (Wildman–Crippen MR) is 78.8 cm³/mol. The number of nitrogens with zero attached hydrogens (tertiary/aromatic N) is 1. The van der Waals surface area contributed by atoms with Gasteiger partial charge in [0, 0.05) is 44.0 Å². The summed E-state index contributed by atoms with van der Waals surface area (Å²) in [5.74, 6) is 0.134. The van der Waals surface area contributed by atoms with Crippen molar-refractivity contribution in [3.63, 3.8) is 0 Å². The van der Waals surface area contributed by atoms with Gasteiger partial charge in [0.1, 0.15) is 0 Å². The summed E-state index contributed by atoms with van der Waals surface area (Å²) < 4.78 is 0. The van der Waals surface area contributed by atoms with Crippen LogP contribution >= 0.6 is 17.0 Å². The first-order valence-electron chi connectivity index (χ1n) is 6.21. The number of carbonyl (C=O) groups excluding carboxylic acids is 1. The summed E-state index contributed by atoms with van der Waals surface area (Å²) >= 11 is 0. The Morgan fingerprint density at radius 1 is 1.11 bits per heavy atom. The van der Waals surface area contributed by atoms with Crippen molar-refractivity contribution < 1.29 is 4.79 Å². The number of benzene rings is 1. The molecule has 0 bridgehead atoms. The number of carbonyl (C=O) groups is 1. The van der Waals surface area contributed by atoms with Crippen molar-refractivity contribution in [3.8, 4) is 0 Å². The molecule has 3 rings (SSSR count). The molecule has 1 amide bonds. The molecule has 2 N–H and O–H groups in total. The van der Waals surface area contributed by atoms with Crippen molar-refractivity contribution in [2.45, 2.75) is 12.8 Å². The Balaban J connectivity index is 0.00000120. The van der Waals surface area contributed by atoms with E-state index in [4.69, 9.17) is 0 Å². The van der Waals surface area contributed by atoms with Crippen LogP contribution < -0.4 is 15.5 Å². The molecule has 4 nitrogen and oxygen atoms in total. The number of rotatable bonds is 1. The highest BCUT2D eigenvalue weighted by atomic mass is 79.9. The molecule has 0 atom stereocenters. The van der Waals surface area contributed by atoms with Crippen LogP contribution in [-0.2, 0) is 11.2 Å². The second-order valence-electron chi connectivity index (χ2n) is 4.63. The number of halogens is 1. The fourth-order valence-corrected chi connectivity index (χ4v) is 2.48. The summed E-state index contributed by atoms with van der Waals surface area (Å²) in [4.78, 5) is 13.7. The van der Waals surface area contributed by atoms with Gasteiger partial charge in [0.2, 0.25) is 5.91 Å². The Bertz CT molecular complexity index is 444. The number of piperazine rings is 1. The summed E-state index contributed by atoms with van der Waals surface area (Å²) in [6.45, 7) is 4.13. The zero-order valence-electron chi connectivity index (χ0n) is 10.2. The highest BCUT2D eigenvalue weighted by Crippen LogP contribution is 2.27. The molecular weight excluding hydrogens is 294 g/mol. The maximum atomic E-state index is 11.4. The highest BCUT2D eigenvalue weighted by Gasteiger charge is 2.17. The molecule has 0 saturated carbocycles. The first kappa shape index (κ1) is 13.4. The monoisotopic (exact) mass is 311 g/mol. The number of hydrogen-bond acceptors (Lipinski definition) is 3. The maximum absolute atomic E-state index is 11.4. The van der Waals surface area contributed by atoms with Gasteiger partial charge in [-0.25, -0.2) is 0 Å². The van der Waals surface area contributed by atoms with Crippen molar-refractivity contribution in [2.75, 3.05) is 36.4 Å². The van der Waals surface area contributed by atoms with E-state index in [1.54, 1.807) is 0 Å². The quantitative estimate of drug-likeness (QED) is 0.827. The summed E-state index contributed by atoms with van der Waals surface area (Å²) in [5, 5.41) is 6.30. The molecule has 1 fully saturated rings. The maximum Gasteiger partial charge on any atom is 0.224 e. The molecule has 0 radical (unpaired) electrons. The topological polar surface area (TPSA) is 44.4 Å². The largest absolute Gasteiger partial charge is 0.369 e. The molecule has 1 saturated heterocycles. The smallest absolute Gasteiger partial charge is 0.224 e. The Kier molecular flexibility index (Phi) is 4.24. The number of nitrogens with one attached hydrogen (secondary N) is 2. The highest BCUT2D eigenvalue weighted by molar-refractivity contribution is 8.93. The molecule has 0 spiro atoms. The van der Waals surface area contributed by atoms with Gasteiger partial charge in [-0.3, -0.25) is 4.79 Å². The number of aryl methyl sites for hydroxylation is 1. The molecule has 0 aromatic heterocycles. The summed E-state index contributed by atoms with van der Waals surface area (Å²) in [7, 11) is 0. The predicted octanol–water partition coefficient (Wildman–Crippen LogP) is 1.56. The normalized spacial score (nSPS) is 18.7. The molecular formula is C13H18BrN3O. The summed E-state index contributed by atoms with van der Waals surface area (Å²) in [6, 6.07) is 6.42. The van der Waals surface area contributed by atoms with E-state index >= 15 is 0 Å². The molecule has 2 heterocycles. The van der Waals surface area contributed by atoms with Crippen LogP contribution in [0.15, 0.2) is 18.2 Å². The first-order chi connectivity index (χ1) is 8.33. The van der Waals surface area contributed by atoms with Gasteiger partial charge in [0.15, 0.2) is 0 Å². The summed E-state index contributed by atoms with van der Waals surface area (Å²) in [5.41, 5.74) is 3.47. The van der Waals surface area contributed by atoms with E-state index in [2.05, 4.69) is 33.7 Å².